The average molecular weight is 381 g/mol. The topological polar surface area (TPSA) is 83.1 Å². The molecule has 0 aliphatic carbocycles. The maximum Gasteiger partial charge on any atom is 0.241 e. The van der Waals surface area contributed by atoms with Crippen LogP contribution in [-0.2, 0) is 9.59 Å². The first-order valence-corrected chi connectivity index (χ1v) is 9.49. The third-order valence-corrected chi connectivity index (χ3v) is 6.62. The lowest BCUT2D eigenvalue weighted by atomic mass is 9.70. The van der Waals surface area contributed by atoms with E-state index < -0.39 is 10.8 Å². The van der Waals surface area contributed by atoms with Gasteiger partial charge < -0.3 is 4.98 Å². The number of nitrogens with zero attached hydrogens (tertiary/aromatic N) is 2. The number of hydrogen-bond acceptors (Lipinski definition) is 5. The minimum atomic E-state index is -0.839. The summed E-state index contributed by atoms with van der Waals surface area (Å²) in [5.74, 6) is -0.610. The SMILES string of the molecule is CC1(C)C(=O)N(c2csc(C(=O)c3c[nH]c4ccccc34)n2)C(=O)C1(C)C. The molecule has 1 aliphatic rings. The van der Waals surface area contributed by atoms with Gasteiger partial charge in [0.2, 0.25) is 17.6 Å². The number of rotatable bonds is 3. The van der Waals surface area contributed by atoms with Crippen molar-refractivity contribution in [3.63, 3.8) is 0 Å². The van der Waals surface area contributed by atoms with Crippen molar-refractivity contribution >= 4 is 45.7 Å². The molecule has 6 nitrogen and oxygen atoms in total. The van der Waals surface area contributed by atoms with Gasteiger partial charge in [-0.05, 0) is 33.8 Å². The molecule has 0 radical (unpaired) electrons. The van der Waals surface area contributed by atoms with Crippen LogP contribution in [0.3, 0.4) is 0 Å². The van der Waals surface area contributed by atoms with Gasteiger partial charge in [-0.15, -0.1) is 11.3 Å². The molecule has 7 heteroatoms. The molecule has 0 bridgehead atoms. The average Bonchev–Trinajstić information content (AvgIpc) is 3.30. The van der Waals surface area contributed by atoms with Gasteiger partial charge in [0.25, 0.3) is 0 Å². The van der Waals surface area contributed by atoms with Crippen molar-refractivity contribution in [1.82, 2.24) is 9.97 Å². The Kier molecular flexibility index (Phi) is 3.65. The van der Waals surface area contributed by atoms with E-state index in [1.165, 1.54) is 0 Å². The van der Waals surface area contributed by atoms with E-state index in [4.69, 9.17) is 0 Å². The number of fused-ring (bicyclic) bond motifs is 1. The van der Waals surface area contributed by atoms with Gasteiger partial charge in [-0.3, -0.25) is 14.4 Å². The number of amides is 2. The Hall–Kier alpha value is -2.80. The molecular formula is C20H19N3O3S. The van der Waals surface area contributed by atoms with Crippen molar-refractivity contribution in [3.8, 4) is 0 Å². The molecule has 0 atom stereocenters. The smallest absolute Gasteiger partial charge is 0.241 e. The predicted octanol–water partition coefficient (Wildman–Crippen LogP) is 3.78. The van der Waals surface area contributed by atoms with E-state index >= 15 is 0 Å². The fourth-order valence-electron chi connectivity index (χ4n) is 3.24. The van der Waals surface area contributed by atoms with Gasteiger partial charge in [0.1, 0.15) is 0 Å². The third kappa shape index (κ3) is 2.31. The number of hydrogen-bond donors (Lipinski definition) is 1. The quantitative estimate of drug-likeness (QED) is 0.553. The Morgan fingerprint density at radius 2 is 1.70 bits per heavy atom. The molecule has 1 fully saturated rings. The number of aromatic amines is 1. The number of H-pyrrole nitrogens is 1. The minimum absolute atomic E-state index is 0.219. The predicted molar refractivity (Wildman–Crippen MR) is 104 cm³/mol. The van der Waals surface area contributed by atoms with E-state index in [9.17, 15) is 14.4 Å². The van der Waals surface area contributed by atoms with Crippen molar-refractivity contribution in [3.05, 3.63) is 46.4 Å². The molecule has 1 aromatic carbocycles. The van der Waals surface area contributed by atoms with Gasteiger partial charge in [0.15, 0.2) is 10.8 Å². The number of anilines is 1. The number of imide groups is 1. The number of nitrogens with one attached hydrogen (secondary N) is 1. The van der Waals surface area contributed by atoms with Crippen molar-refractivity contribution in [1.29, 1.82) is 0 Å². The summed E-state index contributed by atoms with van der Waals surface area (Å²) in [6.07, 6.45) is 1.66. The van der Waals surface area contributed by atoms with Gasteiger partial charge in [-0.1, -0.05) is 18.2 Å². The van der Waals surface area contributed by atoms with Gasteiger partial charge in [-0.25, -0.2) is 9.88 Å². The summed E-state index contributed by atoms with van der Waals surface area (Å²) in [6.45, 7) is 7.05. The summed E-state index contributed by atoms with van der Waals surface area (Å²) in [5.41, 5.74) is -0.291. The van der Waals surface area contributed by atoms with Crippen LogP contribution in [0.4, 0.5) is 5.82 Å². The zero-order chi connectivity index (χ0) is 19.6. The zero-order valence-corrected chi connectivity index (χ0v) is 16.3. The molecular weight excluding hydrogens is 362 g/mol. The Morgan fingerprint density at radius 1 is 1.07 bits per heavy atom. The number of aromatic nitrogens is 2. The van der Waals surface area contributed by atoms with Crippen molar-refractivity contribution in [2.24, 2.45) is 10.8 Å². The van der Waals surface area contributed by atoms with E-state index in [-0.39, 0.29) is 28.4 Å². The van der Waals surface area contributed by atoms with Gasteiger partial charge >= 0.3 is 0 Å². The highest BCUT2D eigenvalue weighted by Crippen LogP contribution is 2.48. The van der Waals surface area contributed by atoms with Crippen molar-refractivity contribution < 1.29 is 14.4 Å². The number of para-hydroxylation sites is 1. The molecule has 1 aliphatic heterocycles. The van der Waals surface area contributed by atoms with E-state index in [0.717, 1.165) is 27.1 Å². The number of thiazole rings is 1. The molecule has 0 spiro atoms. The molecule has 2 aromatic heterocycles. The second-order valence-electron chi connectivity index (χ2n) is 7.78. The van der Waals surface area contributed by atoms with Crippen LogP contribution in [0.5, 0.6) is 0 Å². The van der Waals surface area contributed by atoms with E-state index in [2.05, 4.69) is 9.97 Å². The van der Waals surface area contributed by atoms with E-state index in [1.807, 2.05) is 24.3 Å². The monoisotopic (exact) mass is 381 g/mol. The highest BCUT2D eigenvalue weighted by molar-refractivity contribution is 7.12. The lowest BCUT2D eigenvalue weighted by molar-refractivity contribution is -0.129. The van der Waals surface area contributed by atoms with Crippen LogP contribution in [0.25, 0.3) is 10.9 Å². The van der Waals surface area contributed by atoms with Crippen molar-refractivity contribution in [2.75, 3.05) is 4.90 Å². The third-order valence-electron chi connectivity index (χ3n) is 5.79. The largest absolute Gasteiger partial charge is 0.360 e. The zero-order valence-electron chi connectivity index (χ0n) is 15.5. The molecule has 2 amide bonds. The lowest BCUT2D eigenvalue weighted by Gasteiger charge is -2.28. The van der Waals surface area contributed by atoms with Gasteiger partial charge in [0.05, 0.1) is 16.4 Å². The molecule has 1 N–H and O–H groups in total. The van der Waals surface area contributed by atoms with E-state index in [1.54, 1.807) is 39.3 Å². The standard InChI is InChI=1S/C20H19N3O3S/c1-19(2)17(25)23(18(26)20(19,3)4)14-10-27-16(22-14)15(24)12-9-21-13-8-6-5-7-11(12)13/h5-10,21H,1-4H3. The summed E-state index contributed by atoms with van der Waals surface area (Å²) >= 11 is 1.13. The normalized spacial score (nSPS) is 18.4. The molecule has 138 valence electrons. The molecule has 0 saturated carbocycles. The number of carbonyl (C=O) groups excluding carboxylic acids is 3. The molecule has 4 rings (SSSR count). The van der Waals surface area contributed by atoms with Crippen LogP contribution in [0, 0.1) is 10.8 Å². The van der Waals surface area contributed by atoms with Crippen LogP contribution in [0.2, 0.25) is 0 Å². The van der Waals surface area contributed by atoms with Crippen LogP contribution in [-0.4, -0.2) is 27.6 Å². The second-order valence-corrected chi connectivity index (χ2v) is 8.64. The summed E-state index contributed by atoms with van der Waals surface area (Å²) in [5, 5.41) is 2.66. The molecule has 27 heavy (non-hydrogen) atoms. The molecule has 3 aromatic rings. The highest BCUT2D eigenvalue weighted by atomic mass is 32.1. The van der Waals surface area contributed by atoms with Crippen LogP contribution in [0.1, 0.15) is 43.1 Å². The molecule has 0 unspecified atom stereocenters. The number of benzene rings is 1. The first-order chi connectivity index (χ1) is 12.7. The number of ketones is 1. The maximum atomic E-state index is 12.9. The van der Waals surface area contributed by atoms with Crippen LogP contribution in [0.15, 0.2) is 35.8 Å². The Balaban J connectivity index is 1.71. The second kappa shape index (κ2) is 5.60. The van der Waals surface area contributed by atoms with Crippen molar-refractivity contribution in [2.45, 2.75) is 27.7 Å². The van der Waals surface area contributed by atoms with Gasteiger partial charge in [-0.2, -0.15) is 0 Å². The Labute approximate surface area is 160 Å². The summed E-state index contributed by atoms with van der Waals surface area (Å²) in [4.78, 5) is 47.1. The fourth-order valence-corrected chi connectivity index (χ4v) is 3.98. The molecule has 1 saturated heterocycles. The fraction of sp³-hybridized carbons (Fsp3) is 0.300. The summed E-state index contributed by atoms with van der Waals surface area (Å²) in [6, 6.07) is 7.52. The van der Waals surface area contributed by atoms with E-state index in [0.29, 0.717) is 5.56 Å². The highest BCUT2D eigenvalue weighted by Gasteiger charge is 2.60. The summed E-state index contributed by atoms with van der Waals surface area (Å²) < 4.78 is 0. The Morgan fingerprint density at radius 3 is 2.37 bits per heavy atom. The van der Waals surface area contributed by atoms with Gasteiger partial charge in [0, 0.05) is 22.5 Å². The first kappa shape index (κ1) is 17.6. The van der Waals surface area contributed by atoms with Crippen LogP contribution < -0.4 is 4.90 Å². The first-order valence-electron chi connectivity index (χ1n) is 8.61. The Bertz CT molecular complexity index is 1080. The summed E-state index contributed by atoms with van der Waals surface area (Å²) in [7, 11) is 0. The maximum absolute atomic E-state index is 12.9. The number of carbonyl (C=O) groups is 3. The molecule has 3 heterocycles. The van der Waals surface area contributed by atoms with Crippen LogP contribution >= 0.6 is 11.3 Å². The minimum Gasteiger partial charge on any atom is -0.360 e. The lowest BCUT2D eigenvalue weighted by Crippen LogP contribution is -2.35.